The first-order valence-corrected chi connectivity index (χ1v) is 13.4. The van der Waals surface area contributed by atoms with Gasteiger partial charge in [-0.15, -0.1) is 11.3 Å². The number of imide groups is 1. The Morgan fingerprint density at radius 1 is 0.974 bits per heavy atom. The largest absolute Gasteiger partial charge is 0.462 e. The Bertz CT molecular complexity index is 1550. The zero-order valence-corrected chi connectivity index (χ0v) is 24.1. The van der Waals surface area contributed by atoms with E-state index in [1.165, 1.54) is 16.9 Å². The minimum absolute atomic E-state index is 0.0286. The van der Waals surface area contributed by atoms with Gasteiger partial charge in [0.25, 0.3) is 0 Å². The SMILES string of the molecule is CCOC(=O)c1cnn2c(N(C(=O)OC(C)(C)C)C(=O)OC(C)(C)C)c(-c3c(C)ccc4sccc34)cnc12. The fraction of sp³-hybridized carbons (Fsp3) is 0.393. The standard InChI is InChI=1S/C28H32N4O6S/c1-9-36-24(33)19-15-30-32-22(19)29-14-18(21-16(2)10-11-20-17(21)12-13-39-20)23(32)31(25(34)37-27(3,4)5)26(35)38-28(6,7)8/h10-15H,9H2,1-8H3. The predicted molar refractivity (Wildman–Crippen MR) is 149 cm³/mol. The van der Waals surface area contributed by atoms with E-state index in [4.69, 9.17) is 14.2 Å². The molecule has 0 aliphatic heterocycles. The van der Waals surface area contributed by atoms with E-state index in [0.29, 0.717) is 5.56 Å². The molecule has 0 bridgehead atoms. The molecule has 11 heteroatoms. The summed E-state index contributed by atoms with van der Waals surface area (Å²) >= 11 is 1.56. The molecular formula is C28H32N4O6S. The van der Waals surface area contributed by atoms with Crippen LogP contribution in [0, 0.1) is 6.92 Å². The van der Waals surface area contributed by atoms with Crippen molar-refractivity contribution < 1.29 is 28.6 Å². The van der Waals surface area contributed by atoms with Crippen LogP contribution in [0.1, 0.15) is 64.4 Å². The molecule has 0 radical (unpaired) electrons. The lowest BCUT2D eigenvalue weighted by Crippen LogP contribution is -2.45. The molecule has 206 valence electrons. The fourth-order valence-corrected chi connectivity index (χ4v) is 4.83. The minimum Gasteiger partial charge on any atom is -0.462 e. The number of aromatic nitrogens is 3. The van der Waals surface area contributed by atoms with Crippen LogP contribution in [0.5, 0.6) is 0 Å². The second kappa shape index (κ2) is 10.3. The van der Waals surface area contributed by atoms with E-state index >= 15 is 0 Å². The predicted octanol–water partition coefficient (Wildman–Crippen LogP) is 6.77. The monoisotopic (exact) mass is 552 g/mol. The lowest BCUT2D eigenvalue weighted by Gasteiger charge is -2.29. The van der Waals surface area contributed by atoms with Gasteiger partial charge >= 0.3 is 18.2 Å². The molecule has 0 unspecified atom stereocenters. The van der Waals surface area contributed by atoms with E-state index in [1.54, 1.807) is 59.8 Å². The van der Waals surface area contributed by atoms with Crippen molar-refractivity contribution in [2.24, 2.45) is 0 Å². The first kappa shape index (κ1) is 28.0. The summed E-state index contributed by atoms with van der Waals surface area (Å²) in [5.41, 5.74) is 0.417. The maximum atomic E-state index is 13.7. The number of hydrogen-bond acceptors (Lipinski definition) is 9. The maximum Gasteiger partial charge on any atom is 0.425 e. The van der Waals surface area contributed by atoms with Gasteiger partial charge < -0.3 is 14.2 Å². The Kier molecular flexibility index (Phi) is 7.40. The molecule has 39 heavy (non-hydrogen) atoms. The van der Waals surface area contributed by atoms with Gasteiger partial charge in [0.2, 0.25) is 0 Å². The molecule has 0 saturated carbocycles. The number of ether oxygens (including phenoxy) is 3. The summed E-state index contributed by atoms with van der Waals surface area (Å²) in [6, 6.07) is 5.94. The number of aryl methyl sites for hydroxylation is 1. The molecule has 4 aromatic rings. The van der Waals surface area contributed by atoms with Crippen LogP contribution in [-0.4, -0.2) is 50.6 Å². The number of rotatable bonds is 4. The molecular weight excluding hydrogens is 520 g/mol. The van der Waals surface area contributed by atoms with Crippen LogP contribution in [0.25, 0.3) is 26.9 Å². The summed E-state index contributed by atoms with van der Waals surface area (Å²) in [4.78, 5) is 45.4. The van der Waals surface area contributed by atoms with Gasteiger partial charge in [-0.1, -0.05) is 6.07 Å². The topological polar surface area (TPSA) is 112 Å². The van der Waals surface area contributed by atoms with E-state index in [9.17, 15) is 14.4 Å². The number of thiophene rings is 1. The van der Waals surface area contributed by atoms with Gasteiger partial charge in [0.15, 0.2) is 11.5 Å². The van der Waals surface area contributed by atoms with Gasteiger partial charge in [-0.05, 0) is 84.0 Å². The Labute approximate surface area is 230 Å². The van der Waals surface area contributed by atoms with Gasteiger partial charge in [0.05, 0.1) is 12.8 Å². The lowest BCUT2D eigenvalue weighted by atomic mass is 9.98. The van der Waals surface area contributed by atoms with E-state index in [2.05, 4.69) is 10.1 Å². The summed E-state index contributed by atoms with van der Waals surface area (Å²) in [7, 11) is 0. The van der Waals surface area contributed by atoms with Crippen LogP contribution in [0.4, 0.5) is 15.4 Å². The van der Waals surface area contributed by atoms with Gasteiger partial charge in [0, 0.05) is 21.8 Å². The normalized spacial score (nSPS) is 12.0. The minimum atomic E-state index is -0.964. The van der Waals surface area contributed by atoms with E-state index in [0.717, 1.165) is 26.1 Å². The number of anilines is 1. The lowest BCUT2D eigenvalue weighted by molar-refractivity contribution is 0.0426. The number of nitrogens with zero attached hydrogens (tertiary/aromatic N) is 4. The molecule has 0 N–H and O–H groups in total. The highest BCUT2D eigenvalue weighted by atomic mass is 32.1. The van der Waals surface area contributed by atoms with Gasteiger partial charge in [0.1, 0.15) is 16.8 Å². The van der Waals surface area contributed by atoms with Crippen molar-refractivity contribution in [3.8, 4) is 11.1 Å². The molecule has 0 aliphatic carbocycles. The molecule has 0 aliphatic rings. The highest BCUT2D eigenvalue weighted by Crippen LogP contribution is 2.40. The Morgan fingerprint density at radius 3 is 2.21 bits per heavy atom. The summed E-state index contributed by atoms with van der Waals surface area (Å²) in [5.74, 6) is -0.600. The molecule has 0 fully saturated rings. The van der Waals surface area contributed by atoms with Gasteiger partial charge in [-0.25, -0.2) is 19.4 Å². The third kappa shape index (κ3) is 5.73. The van der Waals surface area contributed by atoms with Crippen LogP contribution in [0.2, 0.25) is 0 Å². The van der Waals surface area contributed by atoms with E-state index in [-0.39, 0.29) is 23.6 Å². The summed E-state index contributed by atoms with van der Waals surface area (Å²) in [6.45, 7) is 14.0. The number of esters is 1. The van der Waals surface area contributed by atoms with Crippen molar-refractivity contribution in [3.63, 3.8) is 0 Å². The first-order valence-electron chi connectivity index (χ1n) is 12.5. The van der Waals surface area contributed by atoms with Crippen molar-refractivity contribution in [1.29, 1.82) is 0 Å². The number of fused-ring (bicyclic) bond motifs is 2. The molecule has 10 nitrogen and oxygen atoms in total. The van der Waals surface area contributed by atoms with Gasteiger partial charge in [-0.2, -0.15) is 14.5 Å². The van der Waals surface area contributed by atoms with Crippen molar-refractivity contribution in [2.45, 2.75) is 66.6 Å². The van der Waals surface area contributed by atoms with Crippen molar-refractivity contribution in [3.05, 3.63) is 47.1 Å². The zero-order valence-electron chi connectivity index (χ0n) is 23.3. The summed E-state index contributed by atoms with van der Waals surface area (Å²) in [5, 5.41) is 7.26. The smallest absolute Gasteiger partial charge is 0.425 e. The number of carbonyl (C=O) groups excluding carboxylic acids is 3. The first-order chi connectivity index (χ1) is 18.2. The molecule has 3 aromatic heterocycles. The fourth-order valence-electron chi connectivity index (χ4n) is 4.04. The highest BCUT2D eigenvalue weighted by molar-refractivity contribution is 7.17. The third-order valence-electron chi connectivity index (χ3n) is 5.47. The Hall–Kier alpha value is -3.99. The zero-order chi connectivity index (χ0) is 28.7. The van der Waals surface area contributed by atoms with Crippen LogP contribution in [-0.2, 0) is 14.2 Å². The Balaban J connectivity index is 2.09. The molecule has 1 aromatic carbocycles. The molecule has 2 amide bonds. The maximum absolute atomic E-state index is 13.7. The second-order valence-electron chi connectivity index (χ2n) is 10.9. The van der Waals surface area contributed by atoms with Crippen LogP contribution >= 0.6 is 11.3 Å². The van der Waals surface area contributed by atoms with Crippen LogP contribution in [0.15, 0.2) is 36.0 Å². The Morgan fingerprint density at radius 2 is 1.62 bits per heavy atom. The average Bonchev–Trinajstić information content (AvgIpc) is 3.44. The number of amides is 2. The summed E-state index contributed by atoms with van der Waals surface area (Å²) < 4.78 is 18.8. The second-order valence-corrected chi connectivity index (χ2v) is 11.8. The molecule has 3 heterocycles. The van der Waals surface area contributed by atoms with Gasteiger partial charge in [-0.3, -0.25) is 0 Å². The number of hydrogen-bond donors (Lipinski definition) is 0. The van der Waals surface area contributed by atoms with Crippen LogP contribution in [0.3, 0.4) is 0 Å². The van der Waals surface area contributed by atoms with Crippen molar-refractivity contribution in [2.75, 3.05) is 11.5 Å². The molecule has 0 saturated heterocycles. The quantitative estimate of drug-likeness (QED) is 0.201. The molecule has 4 rings (SSSR count). The average molecular weight is 553 g/mol. The van der Waals surface area contributed by atoms with E-state index < -0.39 is 29.4 Å². The number of benzene rings is 1. The molecule has 0 spiro atoms. The van der Waals surface area contributed by atoms with Crippen molar-refractivity contribution >= 4 is 51.0 Å². The third-order valence-corrected chi connectivity index (χ3v) is 6.36. The number of carbonyl (C=O) groups is 3. The van der Waals surface area contributed by atoms with E-state index in [1.807, 2.05) is 30.5 Å². The summed E-state index contributed by atoms with van der Waals surface area (Å²) in [6.07, 6.45) is 0.896. The van der Waals surface area contributed by atoms with Crippen LogP contribution < -0.4 is 4.90 Å². The molecule has 0 atom stereocenters. The van der Waals surface area contributed by atoms with Crippen molar-refractivity contribution in [1.82, 2.24) is 14.6 Å². The highest BCUT2D eigenvalue weighted by Gasteiger charge is 2.37.